The van der Waals surface area contributed by atoms with Crippen LogP contribution in [0.3, 0.4) is 0 Å². The Balaban J connectivity index is 1.37. The first-order chi connectivity index (χ1) is 18.3. The van der Waals surface area contributed by atoms with Crippen molar-refractivity contribution in [1.82, 2.24) is 0 Å². The lowest BCUT2D eigenvalue weighted by atomic mass is 9.55. The Hall–Kier alpha value is -2.95. The highest BCUT2D eigenvalue weighted by Crippen LogP contribution is 2.55. The van der Waals surface area contributed by atoms with E-state index in [1.807, 2.05) is 19.9 Å². The van der Waals surface area contributed by atoms with Crippen molar-refractivity contribution in [3.8, 4) is 0 Å². The highest BCUT2D eigenvalue weighted by atomic mass is 19.1. The highest BCUT2D eigenvalue weighted by Gasteiger charge is 2.54. The van der Waals surface area contributed by atoms with Gasteiger partial charge in [-0.25, -0.2) is 9.18 Å². The molecule has 2 saturated carbocycles. The molecule has 5 heteroatoms. The molecule has 3 fully saturated rings. The van der Waals surface area contributed by atoms with Crippen LogP contribution in [0.1, 0.15) is 58.4 Å². The average molecular weight is 519 g/mol. The van der Waals surface area contributed by atoms with Gasteiger partial charge in [0.15, 0.2) is 0 Å². The van der Waals surface area contributed by atoms with Crippen molar-refractivity contribution in [2.75, 3.05) is 6.61 Å². The summed E-state index contributed by atoms with van der Waals surface area (Å²) in [5.74, 6) is 0.976. The molecule has 8 atom stereocenters. The van der Waals surface area contributed by atoms with E-state index in [2.05, 4.69) is 37.8 Å². The fourth-order valence-electron chi connectivity index (χ4n) is 7.62. The van der Waals surface area contributed by atoms with Gasteiger partial charge in [-0.15, -0.1) is 0 Å². The number of carbonyl (C=O) groups is 2. The van der Waals surface area contributed by atoms with Crippen molar-refractivity contribution >= 4 is 17.5 Å². The van der Waals surface area contributed by atoms with Crippen LogP contribution in [0, 0.1) is 47.2 Å². The van der Waals surface area contributed by atoms with Crippen molar-refractivity contribution in [2.45, 2.75) is 59.0 Å². The quantitative estimate of drug-likeness (QED) is 0.298. The van der Waals surface area contributed by atoms with Gasteiger partial charge < -0.3 is 9.47 Å². The highest BCUT2D eigenvalue weighted by molar-refractivity contribution is 5.88. The smallest absolute Gasteiger partial charge is 0.333 e. The van der Waals surface area contributed by atoms with Gasteiger partial charge in [-0.2, -0.15) is 0 Å². The monoisotopic (exact) mass is 518 g/mol. The molecule has 0 N–H and O–H groups in total. The summed E-state index contributed by atoms with van der Waals surface area (Å²) < 4.78 is 24.7. The van der Waals surface area contributed by atoms with Crippen LogP contribution < -0.4 is 0 Å². The molecule has 38 heavy (non-hydrogen) atoms. The van der Waals surface area contributed by atoms with E-state index >= 15 is 0 Å². The number of ether oxygens (including phenoxy) is 2. The second-order valence-corrected chi connectivity index (χ2v) is 11.7. The van der Waals surface area contributed by atoms with E-state index in [4.69, 9.17) is 9.47 Å². The lowest BCUT2D eigenvalue weighted by Gasteiger charge is -2.47. The molecule has 1 aromatic rings. The topological polar surface area (TPSA) is 52.6 Å². The van der Waals surface area contributed by atoms with Gasteiger partial charge in [0, 0.05) is 11.5 Å². The molecule has 5 rings (SSSR count). The summed E-state index contributed by atoms with van der Waals surface area (Å²) in [6.45, 7) is 10.5. The summed E-state index contributed by atoms with van der Waals surface area (Å²) in [5, 5.41) is 0. The molecular formula is C33H39FO4. The van der Waals surface area contributed by atoms with Gasteiger partial charge in [-0.05, 0) is 104 Å². The minimum Gasteiger partial charge on any atom is -0.463 e. The molecule has 1 saturated heterocycles. The number of esters is 2. The Morgan fingerprint density at radius 1 is 1.21 bits per heavy atom. The summed E-state index contributed by atoms with van der Waals surface area (Å²) in [6, 6.07) is 6.81. The first-order valence-corrected chi connectivity index (χ1v) is 14.2. The molecule has 4 nitrogen and oxygen atoms in total. The summed E-state index contributed by atoms with van der Waals surface area (Å²) in [5.41, 5.74) is 3.91. The summed E-state index contributed by atoms with van der Waals surface area (Å²) >= 11 is 0. The van der Waals surface area contributed by atoms with Crippen LogP contribution in [0.4, 0.5) is 4.39 Å². The summed E-state index contributed by atoms with van der Waals surface area (Å²) in [7, 11) is 0. The molecule has 202 valence electrons. The molecule has 3 aliphatic carbocycles. The fourth-order valence-corrected chi connectivity index (χ4v) is 7.62. The molecule has 0 bridgehead atoms. The zero-order chi connectivity index (χ0) is 27.0. The number of benzene rings is 1. The molecule has 0 spiro atoms. The second kappa shape index (κ2) is 11.0. The van der Waals surface area contributed by atoms with Crippen LogP contribution in [0.25, 0.3) is 5.57 Å². The minimum atomic E-state index is -0.293. The van der Waals surface area contributed by atoms with Gasteiger partial charge in [0.05, 0.1) is 12.5 Å². The predicted octanol–water partition coefficient (Wildman–Crippen LogP) is 7.08. The summed E-state index contributed by atoms with van der Waals surface area (Å²) in [4.78, 5) is 25.1. The Morgan fingerprint density at radius 2 is 2.03 bits per heavy atom. The zero-order valence-corrected chi connectivity index (χ0v) is 22.7. The maximum absolute atomic E-state index is 13.8. The van der Waals surface area contributed by atoms with Gasteiger partial charge in [0.2, 0.25) is 0 Å². The maximum Gasteiger partial charge on any atom is 0.333 e. The van der Waals surface area contributed by atoms with E-state index in [9.17, 15) is 14.0 Å². The van der Waals surface area contributed by atoms with Crippen molar-refractivity contribution in [2.24, 2.45) is 41.4 Å². The molecule has 1 heterocycles. The number of rotatable bonds is 6. The van der Waals surface area contributed by atoms with Gasteiger partial charge in [0.1, 0.15) is 11.9 Å². The fraction of sp³-hybridized carbons (Fsp3) is 0.515. The standard InChI is InChI=1S/C33H39FO4/c1-5-37-32(35)20(3)23-11-14-28-25(16-23)18-30-31(21(4)38-33(30)36)29(28)13-10-22-9-12-27(19(2)15-22)24-7-6-8-26(34)17-24/h6-10,12-13,17,19,21,23,25,28-31H,3,5,11,14-16,18H2,1-2,4H3/b13-10+/t19?,21-,23+,25+,28-,29+,30+,31+/m0/s1. The molecule has 1 aromatic carbocycles. The van der Waals surface area contributed by atoms with E-state index in [-0.39, 0.29) is 53.4 Å². The number of halogens is 1. The number of hydrogen-bond donors (Lipinski definition) is 0. The van der Waals surface area contributed by atoms with E-state index in [1.54, 1.807) is 12.1 Å². The number of fused-ring (bicyclic) bond motifs is 2. The Kier molecular flexibility index (Phi) is 7.74. The van der Waals surface area contributed by atoms with Gasteiger partial charge in [-0.1, -0.05) is 49.9 Å². The van der Waals surface area contributed by atoms with Crippen LogP contribution in [-0.4, -0.2) is 24.6 Å². The SMILES string of the molecule is C=C(C(=O)OCC)[C@@H]1CC[C@H]2[C@H](C1)C[C@H]1C(=O)O[C@@H](C)[C@@H]1[C@@H]2/C=C/C1=CC=C(c2cccc(F)c2)C(C)C1. The predicted molar refractivity (Wildman–Crippen MR) is 146 cm³/mol. The Labute approximate surface area is 225 Å². The lowest BCUT2D eigenvalue weighted by Crippen LogP contribution is -2.44. The molecule has 4 aliphatic rings. The van der Waals surface area contributed by atoms with E-state index in [1.165, 1.54) is 11.6 Å². The Bertz CT molecular complexity index is 1190. The Morgan fingerprint density at radius 3 is 2.76 bits per heavy atom. The van der Waals surface area contributed by atoms with Gasteiger partial charge in [0.25, 0.3) is 0 Å². The average Bonchev–Trinajstić information content (AvgIpc) is 3.18. The normalized spacial score (nSPS) is 34.6. The van der Waals surface area contributed by atoms with Crippen LogP contribution in [0.15, 0.2) is 66.3 Å². The third kappa shape index (κ3) is 5.17. The van der Waals surface area contributed by atoms with Crippen molar-refractivity contribution in [3.05, 3.63) is 77.7 Å². The molecule has 0 radical (unpaired) electrons. The zero-order valence-electron chi connectivity index (χ0n) is 22.7. The molecular weight excluding hydrogens is 479 g/mol. The lowest BCUT2D eigenvalue weighted by molar-refractivity contribution is -0.145. The van der Waals surface area contributed by atoms with Crippen molar-refractivity contribution in [1.29, 1.82) is 0 Å². The van der Waals surface area contributed by atoms with Crippen molar-refractivity contribution < 1.29 is 23.5 Å². The van der Waals surface area contributed by atoms with Crippen LogP contribution in [-0.2, 0) is 19.1 Å². The van der Waals surface area contributed by atoms with E-state index < -0.39 is 0 Å². The number of carbonyl (C=O) groups excluding carboxylic acids is 2. The third-order valence-electron chi connectivity index (χ3n) is 9.42. The second-order valence-electron chi connectivity index (χ2n) is 11.7. The number of hydrogen-bond acceptors (Lipinski definition) is 4. The number of allylic oxidation sites excluding steroid dienone is 6. The first kappa shape index (κ1) is 26.6. The largest absolute Gasteiger partial charge is 0.463 e. The summed E-state index contributed by atoms with van der Waals surface area (Å²) in [6.07, 6.45) is 13.3. The number of cyclic esters (lactones) is 1. The van der Waals surface area contributed by atoms with E-state index in [0.717, 1.165) is 43.2 Å². The van der Waals surface area contributed by atoms with Gasteiger partial charge in [-0.3, -0.25) is 4.79 Å². The van der Waals surface area contributed by atoms with Gasteiger partial charge >= 0.3 is 11.9 Å². The third-order valence-corrected chi connectivity index (χ3v) is 9.42. The first-order valence-electron chi connectivity index (χ1n) is 14.2. The van der Waals surface area contributed by atoms with Crippen LogP contribution in [0.2, 0.25) is 0 Å². The van der Waals surface area contributed by atoms with Crippen LogP contribution in [0.5, 0.6) is 0 Å². The van der Waals surface area contributed by atoms with E-state index in [0.29, 0.717) is 24.0 Å². The maximum atomic E-state index is 13.8. The molecule has 0 aromatic heterocycles. The molecule has 1 unspecified atom stereocenters. The molecule has 0 amide bonds. The van der Waals surface area contributed by atoms with Crippen LogP contribution >= 0.6 is 0 Å². The molecule has 1 aliphatic heterocycles. The minimum absolute atomic E-state index is 0.0705. The van der Waals surface area contributed by atoms with Crippen molar-refractivity contribution in [3.63, 3.8) is 0 Å².